The Morgan fingerprint density at radius 2 is 1.95 bits per heavy atom. The highest BCUT2D eigenvalue weighted by molar-refractivity contribution is 5.63. The van der Waals surface area contributed by atoms with Gasteiger partial charge < -0.3 is 9.84 Å². The summed E-state index contributed by atoms with van der Waals surface area (Å²) in [5.74, 6) is 0.664. The van der Waals surface area contributed by atoms with Gasteiger partial charge >= 0.3 is 0 Å². The summed E-state index contributed by atoms with van der Waals surface area (Å²) in [6, 6.07) is 10.3. The second-order valence-corrected chi connectivity index (χ2v) is 4.63. The molecule has 3 rings (SSSR count). The lowest BCUT2D eigenvalue weighted by atomic mass is 10.2. The molecule has 7 nitrogen and oxygen atoms in total. The third kappa shape index (κ3) is 2.75. The summed E-state index contributed by atoms with van der Waals surface area (Å²) < 4.78 is 6.93. The number of hydrogen-bond acceptors (Lipinski definition) is 5. The molecule has 0 bridgehead atoms. The van der Waals surface area contributed by atoms with Crippen molar-refractivity contribution in [3.05, 3.63) is 58.9 Å². The second kappa shape index (κ2) is 5.82. The van der Waals surface area contributed by atoms with Crippen LogP contribution in [0.25, 0.3) is 16.9 Å². The normalized spacial score (nSPS) is 10.8. The van der Waals surface area contributed by atoms with Gasteiger partial charge in [0.15, 0.2) is 0 Å². The van der Waals surface area contributed by atoms with Gasteiger partial charge in [0.1, 0.15) is 18.0 Å². The van der Waals surface area contributed by atoms with Gasteiger partial charge in [-0.2, -0.15) is 0 Å². The Hall–Kier alpha value is -2.93. The molecule has 22 heavy (non-hydrogen) atoms. The van der Waals surface area contributed by atoms with Gasteiger partial charge in [0, 0.05) is 17.8 Å². The van der Waals surface area contributed by atoms with Crippen LogP contribution in [0, 0.1) is 10.1 Å². The fraction of sp³-hybridized carbons (Fsp3) is 0.133. The Morgan fingerprint density at radius 3 is 2.64 bits per heavy atom. The Labute approximate surface area is 125 Å². The number of nitrogens with zero attached hydrogens (tertiary/aromatic N) is 3. The number of pyridine rings is 1. The van der Waals surface area contributed by atoms with Crippen LogP contribution in [-0.4, -0.2) is 32.6 Å². The first-order valence-electron chi connectivity index (χ1n) is 6.64. The first-order valence-corrected chi connectivity index (χ1v) is 6.64. The van der Waals surface area contributed by atoms with Crippen LogP contribution >= 0.6 is 0 Å². The number of benzene rings is 1. The van der Waals surface area contributed by atoms with Crippen LogP contribution in [0.5, 0.6) is 5.75 Å². The van der Waals surface area contributed by atoms with E-state index in [9.17, 15) is 10.1 Å². The lowest BCUT2D eigenvalue weighted by molar-refractivity contribution is -0.385. The molecule has 0 saturated heterocycles. The molecule has 0 saturated carbocycles. The minimum absolute atomic E-state index is 0.0178. The van der Waals surface area contributed by atoms with Crippen LogP contribution in [0.2, 0.25) is 0 Å². The maximum atomic E-state index is 10.8. The number of nitro groups is 1. The van der Waals surface area contributed by atoms with Crippen LogP contribution in [0.3, 0.4) is 0 Å². The van der Waals surface area contributed by atoms with E-state index in [0.29, 0.717) is 17.1 Å². The lowest BCUT2D eigenvalue weighted by Gasteiger charge is -2.04. The molecule has 1 N–H and O–H groups in total. The monoisotopic (exact) mass is 299 g/mol. The molecule has 7 heteroatoms. The predicted molar refractivity (Wildman–Crippen MR) is 79.9 cm³/mol. The molecule has 0 unspecified atom stereocenters. The topological polar surface area (TPSA) is 89.9 Å². The fourth-order valence-corrected chi connectivity index (χ4v) is 2.11. The van der Waals surface area contributed by atoms with E-state index in [-0.39, 0.29) is 18.9 Å². The summed E-state index contributed by atoms with van der Waals surface area (Å²) in [7, 11) is 0. The molecular formula is C15H13N3O4. The number of aliphatic hydroxyl groups is 1. The Balaban J connectivity index is 1.91. The number of imidazole rings is 1. The molecule has 112 valence electrons. The molecule has 0 aliphatic rings. The van der Waals surface area contributed by atoms with Crippen molar-refractivity contribution in [1.29, 1.82) is 0 Å². The Bertz CT molecular complexity index is 811. The predicted octanol–water partition coefficient (Wildman–Crippen LogP) is 2.28. The molecule has 0 aliphatic heterocycles. The van der Waals surface area contributed by atoms with E-state index in [2.05, 4.69) is 4.98 Å². The number of rotatable bonds is 5. The van der Waals surface area contributed by atoms with Gasteiger partial charge in [0.2, 0.25) is 0 Å². The fourth-order valence-electron chi connectivity index (χ4n) is 2.11. The van der Waals surface area contributed by atoms with Crippen molar-refractivity contribution in [3.8, 4) is 17.0 Å². The van der Waals surface area contributed by atoms with E-state index < -0.39 is 4.92 Å². The number of fused-ring (bicyclic) bond motifs is 1. The van der Waals surface area contributed by atoms with Crippen LogP contribution in [0.1, 0.15) is 0 Å². The highest BCUT2D eigenvalue weighted by atomic mass is 16.6. The molecular weight excluding hydrogens is 286 g/mol. The van der Waals surface area contributed by atoms with Crippen LogP contribution in [0.4, 0.5) is 5.69 Å². The molecule has 2 aromatic heterocycles. The third-order valence-electron chi connectivity index (χ3n) is 3.16. The zero-order chi connectivity index (χ0) is 15.5. The Morgan fingerprint density at radius 1 is 1.18 bits per heavy atom. The van der Waals surface area contributed by atoms with Crippen molar-refractivity contribution in [2.24, 2.45) is 0 Å². The van der Waals surface area contributed by atoms with Crippen LogP contribution in [-0.2, 0) is 0 Å². The SMILES string of the molecule is O=[N+]([O-])c1ccc2nc(-c3ccc(OCCO)cc3)cn2c1. The van der Waals surface area contributed by atoms with Crippen LogP contribution < -0.4 is 4.74 Å². The van der Waals surface area contributed by atoms with Crippen molar-refractivity contribution in [1.82, 2.24) is 9.38 Å². The van der Waals surface area contributed by atoms with E-state index in [1.807, 2.05) is 12.1 Å². The number of ether oxygens (including phenoxy) is 1. The maximum absolute atomic E-state index is 10.8. The highest BCUT2D eigenvalue weighted by Gasteiger charge is 2.09. The van der Waals surface area contributed by atoms with Crippen LogP contribution in [0.15, 0.2) is 48.8 Å². The highest BCUT2D eigenvalue weighted by Crippen LogP contribution is 2.23. The molecule has 1 aromatic carbocycles. The summed E-state index contributed by atoms with van der Waals surface area (Å²) in [6.07, 6.45) is 3.18. The van der Waals surface area contributed by atoms with E-state index in [0.717, 1.165) is 5.56 Å². The van der Waals surface area contributed by atoms with Gasteiger partial charge in [-0.15, -0.1) is 0 Å². The molecule has 2 heterocycles. The van der Waals surface area contributed by atoms with Crippen molar-refractivity contribution in [3.63, 3.8) is 0 Å². The first kappa shape index (κ1) is 14.0. The van der Waals surface area contributed by atoms with E-state index in [1.54, 1.807) is 28.8 Å². The van der Waals surface area contributed by atoms with Gasteiger partial charge in [-0.25, -0.2) is 4.98 Å². The minimum atomic E-state index is -0.438. The summed E-state index contributed by atoms with van der Waals surface area (Å²) in [6.45, 7) is 0.213. The zero-order valence-electron chi connectivity index (χ0n) is 11.5. The molecule has 0 spiro atoms. The van der Waals surface area contributed by atoms with E-state index in [1.165, 1.54) is 12.3 Å². The quantitative estimate of drug-likeness (QED) is 0.576. The summed E-state index contributed by atoms with van der Waals surface area (Å²) in [5.41, 5.74) is 2.25. The molecule has 0 aliphatic carbocycles. The van der Waals surface area contributed by atoms with Gasteiger partial charge in [0.05, 0.1) is 23.4 Å². The molecule has 3 aromatic rings. The van der Waals surface area contributed by atoms with Crippen molar-refractivity contribution >= 4 is 11.3 Å². The third-order valence-corrected chi connectivity index (χ3v) is 3.16. The van der Waals surface area contributed by atoms with Crippen molar-refractivity contribution < 1.29 is 14.8 Å². The van der Waals surface area contributed by atoms with Gasteiger partial charge in [0.25, 0.3) is 5.69 Å². The first-order chi connectivity index (χ1) is 10.7. The average molecular weight is 299 g/mol. The molecule has 0 fully saturated rings. The lowest BCUT2D eigenvalue weighted by Crippen LogP contribution is -2.01. The van der Waals surface area contributed by atoms with Gasteiger partial charge in [-0.3, -0.25) is 14.5 Å². The zero-order valence-corrected chi connectivity index (χ0v) is 11.5. The van der Waals surface area contributed by atoms with Gasteiger partial charge in [-0.05, 0) is 30.3 Å². The van der Waals surface area contributed by atoms with E-state index >= 15 is 0 Å². The van der Waals surface area contributed by atoms with Crippen molar-refractivity contribution in [2.75, 3.05) is 13.2 Å². The summed E-state index contributed by atoms with van der Waals surface area (Å²) >= 11 is 0. The minimum Gasteiger partial charge on any atom is -0.491 e. The van der Waals surface area contributed by atoms with Crippen molar-refractivity contribution in [2.45, 2.75) is 0 Å². The largest absolute Gasteiger partial charge is 0.491 e. The molecule has 0 amide bonds. The number of aliphatic hydroxyl groups excluding tert-OH is 1. The summed E-state index contributed by atoms with van der Waals surface area (Å²) in [4.78, 5) is 14.8. The van der Waals surface area contributed by atoms with Gasteiger partial charge in [-0.1, -0.05) is 0 Å². The standard InChI is InChI=1S/C15H13N3O4/c19-7-8-22-13-4-1-11(2-5-13)14-10-17-9-12(18(20)21)3-6-15(17)16-14/h1-6,9-10,19H,7-8H2. The second-order valence-electron chi connectivity index (χ2n) is 4.63. The number of hydrogen-bond donors (Lipinski definition) is 1. The average Bonchev–Trinajstić information content (AvgIpc) is 2.96. The molecule has 0 atom stereocenters. The van der Waals surface area contributed by atoms with E-state index in [4.69, 9.17) is 9.84 Å². The Kier molecular flexibility index (Phi) is 3.71. The maximum Gasteiger partial charge on any atom is 0.286 e. The molecule has 0 radical (unpaired) electrons. The number of aromatic nitrogens is 2. The summed E-state index contributed by atoms with van der Waals surface area (Å²) in [5, 5.41) is 19.5. The smallest absolute Gasteiger partial charge is 0.286 e.